The number of nitrogens with zero attached hydrogens (tertiary/aromatic N) is 1. The van der Waals surface area contributed by atoms with E-state index in [4.69, 9.17) is 0 Å². The number of para-hydroxylation sites is 1. The Balaban J connectivity index is 1.74. The van der Waals surface area contributed by atoms with E-state index in [0.29, 0.717) is 34.7 Å². The van der Waals surface area contributed by atoms with Gasteiger partial charge in [-0.1, -0.05) is 12.1 Å². The number of hydrogen-bond acceptors (Lipinski definition) is 3. The first-order chi connectivity index (χ1) is 13.3. The molecule has 0 atom stereocenters. The monoisotopic (exact) mass is 402 g/mol. The third-order valence-corrected chi connectivity index (χ3v) is 6.11. The minimum Gasteiger partial charge on any atom is -0.374 e. The fourth-order valence-corrected chi connectivity index (χ4v) is 4.49. The van der Waals surface area contributed by atoms with Gasteiger partial charge in [0.25, 0.3) is 5.91 Å². The third kappa shape index (κ3) is 3.16. The summed E-state index contributed by atoms with van der Waals surface area (Å²) in [4.78, 5) is 15.7. The lowest BCUT2D eigenvalue weighted by Crippen LogP contribution is -2.19. The molecule has 0 radical (unpaired) electrons. The first-order valence-corrected chi connectivity index (χ1v) is 9.56. The smallest absolute Gasteiger partial charge is 0.265 e. The minimum absolute atomic E-state index is 0.143. The second-order valence-electron chi connectivity index (χ2n) is 6.81. The molecule has 3 nitrogen and oxygen atoms in total. The molecule has 0 fully saturated rings. The number of rotatable bonds is 2. The Morgan fingerprint density at radius 2 is 1.86 bits per heavy atom. The van der Waals surface area contributed by atoms with Gasteiger partial charge in [-0.2, -0.15) is 0 Å². The molecular weight excluding hydrogens is 385 g/mol. The standard InChI is InChI=1S/C21H17F3N2OS/c1-11-4-3-5-14(22)19(11)25-21(27)18-8-12-6-7-26(2)17-10-16(24)15(23)9-13(17)20(12)28-18/h3-5,8-10H,6-7H2,1-2H3,(H,25,27). The molecule has 3 aromatic rings. The van der Waals surface area contributed by atoms with Crippen LogP contribution in [0.25, 0.3) is 10.4 Å². The van der Waals surface area contributed by atoms with Crippen LogP contribution in [0.15, 0.2) is 36.4 Å². The molecule has 144 valence electrons. The number of amides is 1. The van der Waals surface area contributed by atoms with Gasteiger partial charge in [-0.15, -0.1) is 11.3 Å². The van der Waals surface area contributed by atoms with E-state index in [-0.39, 0.29) is 5.69 Å². The van der Waals surface area contributed by atoms with Crippen LogP contribution in [-0.2, 0) is 6.42 Å². The highest BCUT2D eigenvalue weighted by atomic mass is 32.1. The topological polar surface area (TPSA) is 32.3 Å². The molecule has 4 rings (SSSR count). The number of carbonyl (C=O) groups is 1. The van der Waals surface area contributed by atoms with Crippen molar-refractivity contribution >= 4 is 28.6 Å². The zero-order valence-corrected chi connectivity index (χ0v) is 16.1. The van der Waals surface area contributed by atoms with Gasteiger partial charge in [0.1, 0.15) is 5.82 Å². The van der Waals surface area contributed by atoms with Crippen molar-refractivity contribution in [3.63, 3.8) is 0 Å². The minimum atomic E-state index is -0.929. The zero-order chi connectivity index (χ0) is 20.0. The predicted octanol–water partition coefficient (Wildman–Crippen LogP) is 5.39. The summed E-state index contributed by atoms with van der Waals surface area (Å²) in [6.45, 7) is 2.32. The van der Waals surface area contributed by atoms with E-state index in [0.717, 1.165) is 10.4 Å². The second-order valence-corrected chi connectivity index (χ2v) is 7.86. The molecule has 0 saturated carbocycles. The number of likely N-dealkylation sites (N-methyl/N-ethyl adjacent to an activating group) is 1. The van der Waals surface area contributed by atoms with Gasteiger partial charge in [0.05, 0.1) is 10.6 Å². The average molecular weight is 402 g/mol. The van der Waals surface area contributed by atoms with E-state index in [1.54, 1.807) is 25.1 Å². The largest absolute Gasteiger partial charge is 0.374 e. The molecule has 1 aliphatic heterocycles. The maximum atomic E-state index is 14.0. The van der Waals surface area contributed by atoms with E-state index in [1.165, 1.54) is 29.5 Å². The van der Waals surface area contributed by atoms with Crippen molar-refractivity contribution in [1.29, 1.82) is 0 Å². The summed E-state index contributed by atoms with van der Waals surface area (Å²) < 4.78 is 41.7. The quantitative estimate of drug-likeness (QED) is 0.624. The number of halogens is 3. The molecule has 1 N–H and O–H groups in total. The Kier molecular flexibility index (Phi) is 4.63. The summed E-state index contributed by atoms with van der Waals surface area (Å²) in [5, 5.41) is 2.62. The Hall–Kier alpha value is -2.80. The second kappa shape index (κ2) is 6.98. The van der Waals surface area contributed by atoms with Gasteiger partial charge in [0, 0.05) is 35.8 Å². The number of anilines is 2. The SMILES string of the molecule is Cc1cccc(F)c1NC(=O)c1cc2c(s1)-c1cc(F)c(F)cc1N(C)CC2. The fourth-order valence-electron chi connectivity index (χ4n) is 3.36. The van der Waals surface area contributed by atoms with Crippen LogP contribution in [0.1, 0.15) is 20.8 Å². The molecule has 0 unspecified atom stereocenters. The first kappa shape index (κ1) is 18.6. The molecule has 1 aromatic heterocycles. The summed E-state index contributed by atoms with van der Waals surface area (Å²) in [6.07, 6.45) is 0.631. The lowest BCUT2D eigenvalue weighted by Gasteiger charge is -2.19. The molecule has 0 bridgehead atoms. The predicted molar refractivity (Wildman–Crippen MR) is 106 cm³/mol. The summed E-state index contributed by atoms with van der Waals surface area (Å²) in [5.74, 6) is -2.76. The molecule has 0 spiro atoms. The number of nitrogens with one attached hydrogen (secondary N) is 1. The number of carbonyl (C=O) groups excluding carboxylic acids is 1. The van der Waals surface area contributed by atoms with Gasteiger partial charge in [0.15, 0.2) is 11.6 Å². The van der Waals surface area contributed by atoms with Crippen molar-refractivity contribution in [1.82, 2.24) is 0 Å². The zero-order valence-electron chi connectivity index (χ0n) is 15.3. The van der Waals surface area contributed by atoms with E-state index >= 15 is 0 Å². The van der Waals surface area contributed by atoms with Crippen molar-refractivity contribution < 1.29 is 18.0 Å². The maximum absolute atomic E-state index is 14.0. The van der Waals surface area contributed by atoms with Crippen molar-refractivity contribution in [2.75, 3.05) is 23.8 Å². The highest BCUT2D eigenvalue weighted by Gasteiger charge is 2.24. The lowest BCUT2D eigenvalue weighted by atomic mass is 10.1. The number of benzene rings is 2. The Bertz CT molecular complexity index is 1070. The average Bonchev–Trinajstić information content (AvgIpc) is 3.04. The van der Waals surface area contributed by atoms with Crippen LogP contribution in [0.4, 0.5) is 24.5 Å². The van der Waals surface area contributed by atoms with Crippen LogP contribution in [0.5, 0.6) is 0 Å². The Morgan fingerprint density at radius 1 is 1.11 bits per heavy atom. The van der Waals surface area contributed by atoms with Crippen molar-refractivity contribution in [2.24, 2.45) is 0 Å². The molecule has 0 aliphatic carbocycles. The van der Waals surface area contributed by atoms with Crippen molar-refractivity contribution in [3.8, 4) is 10.4 Å². The molecule has 2 heterocycles. The summed E-state index contributed by atoms with van der Waals surface area (Å²) >= 11 is 1.20. The highest BCUT2D eigenvalue weighted by molar-refractivity contribution is 7.17. The Morgan fingerprint density at radius 3 is 2.61 bits per heavy atom. The molecular formula is C21H17F3N2OS. The van der Waals surface area contributed by atoms with Crippen LogP contribution < -0.4 is 10.2 Å². The van der Waals surface area contributed by atoms with Crippen LogP contribution in [0.2, 0.25) is 0 Å². The van der Waals surface area contributed by atoms with E-state index in [1.807, 2.05) is 11.9 Å². The van der Waals surface area contributed by atoms with E-state index in [9.17, 15) is 18.0 Å². The van der Waals surface area contributed by atoms with Crippen molar-refractivity contribution in [2.45, 2.75) is 13.3 Å². The van der Waals surface area contributed by atoms with Gasteiger partial charge in [-0.25, -0.2) is 13.2 Å². The number of hydrogen-bond donors (Lipinski definition) is 1. The van der Waals surface area contributed by atoms with Crippen LogP contribution in [0, 0.1) is 24.4 Å². The van der Waals surface area contributed by atoms with Gasteiger partial charge >= 0.3 is 0 Å². The molecule has 2 aromatic carbocycles. The molecule has 0 saturated heterocycles. The van der Waals surface area contributed by atoms with E-state index in [2.05, 4.69) is 5.32 Å². The number of thiophene rings is 1. The summed E-state index contributed by atoms with van der Waals surface area (Å²) in [5.41, 5.74) is 2.79. The van der Waals surface area contributed by atoms with Gasteiger partial charge in [-0.05, 0) is 42.7 Å². The molecule has 1 aliphatic rings. The summed E-state index contributed by atoms with van der Waals surface area (Å²) in [7, 11) is 1.82. The first-order valence-electron chi connectivity index (χ1n) is 8.75. The van der Waals surface area contributed by atoms with Gasteiger partial charge < -0.3 is 10.2 Å². The van der Waals surface area contributed by atoms with Gasteiger partial charge in [-0.3, -0.25) is 4.79 Å². The Labute approximate surface area is 164 Å². The van der Waals surface area contributed by atoms with Crippen LogP contribution >= 0.6 is 11.3 Å². The molecule has 7 heteroatoms. The molecule has 28 heavy (non-hydrogen) atoms. The normalized spacial score (nSPS) is 13.0. The lowest BCUT2D eigenvalue weighted by molar-refractivity contribution is 0.103. The highest BCUT2D eigenvalue weighted by Crippen LogP contribution is 2.42. The van der Waals surface area contributed by atoms with E-state index < -0.39 is 23.4 Å². The van der Waals surface area contributed by atoms with Crippen LogP contribution in [-0.4, -0.2) is 19.5 Å². The molecule has 1 amide bonds. The van der Waals surface area contributed by atoms with Crippen LogP contribution in [0.3, 0.4) is 0 Å². The third-order valence-electron chi connectivity index (χ3n) is 4.90. The fraction of sp³-hybridized carbons (Fsp3) is 0.190. The summed E-state index contributed by atoms with van der Waals surface area (Å²) in [6, 6.07) is 8.68. The number of aryl methyl sites for hydroxylation is 1. The maximum Gasteiger partial charge on any atom is 0.265 e. The van der Waals surface area contributed by atoms with Gasteiger partial charge in [0.2, 0.25) is 0 Å². The number of fused-ring (bicyclic) bond motifs is 3. The van der Waals surface area contributed by atoms with Crippen molar-refractivity contribution in [3.05, 3.63) is 69.9 Å².